The van der Waals surface area contributed by atoms with Gasteiger partial charge in [-0.2, -0.15) is 5.10 Å². The van der Waals surface area contributed by atoms with Crippen molar-refractivity contribution in [2.45, 2.75) is 39.0 Å². The molecule has 0 fully saturated rings. The average molecular weight is 472 g/mol. The maximum atomic E-state index is 5.96. The van der Waals surface area contributed by atoms with Crippen LogP contribution in [0.1, 0.15) is 44.6 Å². The molecule has 0 radical (unpaired) electrons. The van der Waals surface area contributed by atoms with Crippen LogP contribution in [0.5, 0.6) is 5.75 Å². The topological polar surface area (TPSA) is 46.5 Å². The van der Waals surface area contributed by atoms with Crippen LogP contribution in [0.3, 0.4) is 0 Å². The molecule has 0 aliphatic rings. The minimum Gasteiger partial charge on any atom is -0.493 e. The molecular formula is C23H26BrN3OS. The summed E-state index contributed by atoms with van der Waals surface area (Å²) in [6.45, 7) is 2.97. The summed E-state index contributed by atoms with van der Waals surface area (Å²) in [5.74, 6) is 0.864. The Morgan fingerprint density at radius 1 is 1.07 bits per heavy atom. The van der Waals surface area contributed by atoms with Gasteiger partial charge in [0.05, 0.1) is 18.5 Å². The number of halogens is 1. The fourth-order valence-corrected chi connectivity index (χ4v) is 3.77. The average Bonchev–Trinajstić information content (AvgIpc) is 3.21. The maximum absolute atomic E-state index is 5.96. The first kappa shape index (κ1) is 21.5. The molecule has 4 nitrogen and oxygen atoms in total. The van der Waals surface area contributed by atoms with E-state index in [-0.39, 0.29) is 0 Å². The summed E-state index contributed by atoms with van der Waals surface area (Å²) in [5, 5.41) is 7.13. The molecule has 0 atom stereocenters. The molecule has 0 saturated carbocycles. The molecular weight excluding hydrogens is 446 g/mol. The molecule has 3 rings (SSSR count). The van der Waals surface area contributed by atoms with E-state index >= 15 is 0 Å². The first-order chi connectivity index (χ1) is 14.3. The Bertz CT molecular complexity index is 908. The quantitative estimate of drug-likeness (QED) is 0.180. The van der Waals surface area contributed by atoms with Crippen molar-refractivity contribution in [1.29, 1.82) is 0 Å². The molecule has 1 heterocycles. The number of ether oxygens (including phenoxy) is 1. The second-order valence-corrected chi connectivity index (χ2v) is 8.49. The van der Waals surface area contributed by atoms with E-state index < -0.39 is 0 Å². The van der Waals surface area contributed by atoms with Crippen LogP contribution in [0.4, 0.5) is 5.13 Å². The van der Waals surface area contributed by atoms with Crippen LogP contribution in [0.15, 0.2) is 63.5 Å². The van der Waals surface area contributed by atoms with Crippen molar-refractivity contribution < 1.29 is 4.74 Å². The van der Waals surface area contributed by atoms with Crippen LogP contribution in [-0.2, 0) is 0 Å². The Kier molecular flexibility index (Phi) is 8.71. The third-order valence-corrected chi connectivity index (χ3v) is 5.71. The van der Waals surface area contributed by atoms with Crippen molar-refractivity contribution in [2.75, 3.05) is 12.0 Å². The summed E-state index contributed by atoms with van der Waals surface area (Å²) in [4.78, 5) is 4.60. The van der Waals surface area contributed by atoms with Gasteiger partial charge in [-0.15, -0.1) is 11.3 Å². The summed E-state index contributed by atoms with van der Waals surface area (Å²) in [5.41, 5.74) is 6.00. The second-order valence-electron chi connectivity index (χ2n) is 6.72. The lowest BCUT2D eigenvalue weighted by Crippen LogP contribution is -2.00. The van der Waals surface area contributed by atoms with Gasteiger partial charge in [0.25, 0.3) is 0 Å². The predicted octanol–water partition coefficient (Wildman–Crippen LogP) is 7.37. The van der Waals surface area contributed by atoms with Gasteiger partial charge in [-0.1, -0.05) is 72.8 Å². The Balaban J connectivity index is 1.53. The largest absolute Gasteiger partial charge is 0.493 e. The minimum atomic E-state index is 0.741. The molecule has 29 heavy (non-hydrogen) atoms. The molecule has 0 aliphatic carbocycles. The van der Waals surface area contributed by atoms with Crippen molar-refractivity contribution in [1.82, 2.24) is 4.98 Å². The van der Waals surface area contributed by atoms with Crippen molar-refractivity contribution in [3.05, 3.63) is 63.9 Å². The van der Waals surface area contributed by atoms with Crippen LogP contribution in [-0.4, -0.2) is 17.8 Å². The van der Waals surface area contributed by atoms with Gasteiger partial charge < -0.3 is 4.74 Å². The summed E-state index contributed by atoms with van der Waals surface area (Å²) in [6, 6.07) is 16.1. The molecule has 6 heteroatoms. The zero-order chi connectivity index (χ0) is 20.3. The van der Waals surface area contributed by atoms with Gasteiger partial charge in [0.2, 0.25) is 5.13 Å². The lowest BCUT2D eigenvalue weighted by Gasteiger charge is -2.08. The Labute approximate surface area is 185 Å². The maximum Gasteiger partial charge on any atom is 0.203 e. The summed E-state index contributed by atoms with van der Waals surface area (Å²) in [6.07, 6.45) is 7.93. The molecule has 1 N–H and O–H groups in total. The number of nitrogens with zero attached hydrogens (tertiary/aromatic N) is 2. The van der Waals surface area contributed by atoms with Gasteiger partial charge in [0.1, 0.15) is 5.75 Å². The van der Waals surface area contributed by atoms with E-state index in [2.05, 4.69) is 38.4 Å². The number of aromatic nitrogens is 1. The predicted molar refractivity (Wildman–Crippen MR) is 127 cm³/mol. The van der Waals surface area contributed by atoms with E-state index in [4.69, 9.17) is 4.74 Å². The molecule has 1 aromatic heterocycles. The number of hydrogen-bond donors (Lipinski definition) is 1. The van der Waals surface area contributed by atoms with E-state index in [0.717, 1.165) is 45.2 Å². The highest BCUT2D eigenvalue weighted by molar-refractivity contribution is 9.10. The van der Waals surface area contributed by atoms with E-state index in [1.807, 2.05) is 53.9 Å². The zero-order valence-electron chi connectivity index (χ0n) is 16.6. The number of anilines is 1. The van der Waals surface area contributed by atoms with Crippen LogP contribution < -0.4 is 10.2 Å². The van der Waals surface area contributed by atoms with Gasteiger partial charge >= 0.3 is 0 Å². The number of hydrazone groups is 1. The molecule has 2 aromatic carbocycles. The highest BCUT2D eigenvalue weighted by Gasteiger charge is 2.04. The normalized spacial score (nSPS) is 11.1. The Morgan fingerprint density at radius 3 is 2.69 bits per heavy atom. The second kappa shape index (κ2) is 11.7. The smallest absolute Gasteiger partial charge is 0.203 e. The first-order valence-electron chi connectivity index (χ1n) is 9.98. The molecule has 0 saturated heterocycles. The summed E-state index contributed by atoms with van der Waals surface area (Å²) in [7, 11) is 0. The van der Waals surface area contributed by atoms with E-state index in [1.54, 1.807) is 6.21 Å². The molecule has 0 amide bonds. The van der Waals surface area contributed by atoms with Crippen molar-refractivity contribution in [3.63, 3.8) is 0 Å². The number of thiazole rings is 1. The monoisotopic (exact) mass is 471 g/mol. The highest BCUT2D eigenvalue weighted by Crippen LogP contribution is 2.26. The van der Waals surface area contributed by atoms with Gasteiger partial charge in [0.15, 0.2) is 0 Å². The van der Waals surface area contributed by atoms with Crippen LogP contribution >= 0.6 is 27.3 Å². The molecule has 0 bridgehead atoms. The van der Waals surface area contributed by atoms with Gasteiger partial charge in [0, 0.05) is 21.0 Å². The van der Waals surface area contributed by atoms with Gasteiger partial charge in [-0.3, -0.25) is 5.43 Å². The van der Waals surface area contributed by atoms with Crippen molar-refractivity contribution in [3.8, 4) is 17.0 Å². The first-order valence-corrected chi connectivity index (χ1v) is 11.7. The number of nitrogens with one attached hydrogen (secondary N) is 1. The number of unbranched alkanes of at least 4 members (excludes halogenated alkanes) is 4. The van der Waals surface area contributed by atoms with Crippen LogP contribution in [0.25, 0.3) is 11.3 Å². The number of benzene rings is 2. The van der Waals surface area contributed by atoms with Gasteiger partial charge in [-0.05, 0) is 30.7 Å². The molecule has 0 aliphatic heterocycles. The lowest BCUT2D eigenvalue weighted by molar-refractivity contribution is 0.304. The third-order valence-electron chi connectivity index (χ3n) is 4.43. The van der Waals surface area contributed by atoms with E-state index in [0.29, 0.717) is 0 Å². The number of para-hydroxylation sites is 1. The van der Waals surface area contributed by atoms with Crippen molar-refractivity contribution >= 4 is 38.6 Å². The van der Waals surface area contributed by atoms with Crippen molar-refractivity contribution in [2.24, 2.45) is 5.10 Å². The molecule has 3 aromatic rings. The third kappa shape index (κ3) is 6.98. The summed E-state index contributed by atoms with van der Waals surface area (Å²) < 4.78 is 7.01. The minimum absolute atomic E-state index is 0.741. The van der Waals surface area contributed by atoms with Gasteiger partial charge in [-0.25, -0.2) is 4.98 Å². The molecule has 0 unspecified atom stereocenters. The number of hydrogen-bond acceptors (Lipinski definition) is 5. The fourth-order valence-electron chi connectivity index (χ4n) is 2.84. The SMILES string of the molecule is CCCCCCCOc1ccccc1C=NNc1nc(-c2ccc(Br)cc2)cs1. The fraction of sp³-hybridized carbons (Fsp3) is 0.304. The van der Waals surface area contributed by atoms with E-state index in [1.165, 1.54) is 37.0 Å². The van der Waals surface area contributed by atoms with Crippen LogP contribution in [0, 0.1) is 0 Å². The molecule has 152 valence electrons. The lowest BCUT2D eigenvalue weighted by atomic mass is 10.2. The Morgan fingerprint density at radius 2 is 1.86 bits per heavy atom. The zero-order valence-corrected chi connectivity index (χ0v) is 19.0. The molecule has 0 spiro atoms. The van der Waals surface area contributed by atoms with E-state index in [9.17, 15) is 0 Å². The van der Waals surface area contributed by atoms with Crippen LogP contribution in [0.2, 0.25) is 0 Å². The summed E-state index contributed by atoms with van der Waals surface area (Å²) >= 11 is 4.99. The highest BCUT2D eigenvalue weighted by atomic mass is 79.9. The number of rotatable bonds is 11. The Hall–Kier alpha value is -2.18. The standard InChI is InChI=1S/C23H26BrN3OS/c1-2-3-4-5-8-15-28-22-10-7-6-9-19(22)16-25-27-23-26-21(17-29-23)18-11-13-20(24)14-12-18/h6-7,9-14,16-17H,2-5,8,15H2,1H3,(H,26,27).